The van der Waals surface area contributed by atoms with Gasteiger partial charge in [0.1, 0.15) is 0 Å². The smallest absolute Gasteiger partial charge is 0.399 e. The molecule has 0 aromatic heterocycles. The van der Waals surface area contributed by atoms with Gasteiger partial charge in [0.05, 0.1) is 28.2 Å². The third kappa shape index (κ3) is 2.48. The second kappa shape index (κ2) is 4.61. The van der Waals surface area contributed by atoms with E-state index in [0.29, 0.717) is 0 Å². The minimum atomic E-state index is -1.13. The molecule has 0 N–H and O–H groups in total. The molecule has 0 bridgehead atoms. The maximum absolute atomic E-state index is 9.39. The first-order valence-electron chi connectivity index (χ1n) is 8.64. The fraction of sp³-hybridized carbons (Fsp3) is 0.562. The molecular weight excluding hydrogens is 249 g/mol. The van der Waals surface area contributed by atoms with Gasteiger partial charge < -0.3 is 9.31 Å². The Labute approximate surface area is 127 Å². The molecule has 1 aromatic carbocycles. The number of benzene rings is 1. The van der Waals surface area contributed by atoms with E-state index < -0.39 is 23.7 Å². The van der Waals surface area contributed by atoms with Crippen LogP contribution in [-0.4, -0.2) is 18.3 Å². The van der Waals surface area contributed by atoms with Gasteiger partial charge in [0.25, 0.3) is 0 Å². The molecule has 0 radical (unpaired) electrons. The average molecular weight is 275 g/mol. The van der Waals surface area contributed by atoms with Crippen LogP contribution in [0.25, 0.3) is 0 Å². The lowest BCUT2D eigenvalue weighted by molar-refractivity contribution is 0.00578. The normalized spacial score (nSPS) is 23.6. The van der Waals surface area contributed by atoms with Crippen molar-refractivity contribution in [2.75, 3.05) is 0 Å². The van der Waals surface area contributed by atoms with Gasteiger partial charge in [-0.25, -0.2) is 0 Å². The van der Waals surface area contributed by atoms with Crippen LogP contribution in [0.3, 0.4) is 0 Å². The van der Waals surface area contributed by atoms with Gasteiger partial charge in [0.2, 0.25) is 0 Å². The van der Waals surface area contributed by atoms with E-state index in [-0.39, 0.29) is 35.2 Å². The molecule has 1 fully saturated rings. The summed E-state index contributed by atoms with van der Waals surface area (Å²) in [5.41, 5.74) is -2.20. The van der Waals surface area contributed by atoms with E-state index >= 15 is 0 Å². The SMILES string of the molecule is [2H]c1c([2H])c(B2OC(C)(C)C(C)(C)O2)c([2H])c(C(C)(C)C#N)c1[2H]. The Morgan fingerprint density at radius 1 is 1.20 bits per heavy atom. The third-order valence-electron chi connectivity index (χ3n) is 4.04. The van der Waals surface area contributed by atoms with Crippen molar-refractivity contribution in [3.63, 3.8) is 0 Å². The molecule has 0 unspecified atom stereocenters. The minimum Gasteiger partial charge on any atom is -0.399 e. The molecule has 1 heterocycles. The highest BCUT2D eigenvalue weighted by atomic mass is 16.7. The Balaban J connectivity index is 2.72. The highest BCUT2D eigenvalue weighted by Gasteiger charge is 2.51. The second-order valence-corrected chi connectivity index (χ2v) is 6.61. The highest BCUT2D eigenvalue weighted by Crippen LogP contribution is 2.36. The van der Waals surface area contributed by atoms with E-state index in [9.17, 15) is 5.26 Å². The fourth-order valence-corrected chi connectivity index (χ4v) is 1.81. The predicted molar refractivity (Wildman–Crippen MR) is 80.8 cm³/mol. The van der Waals surface area contributed by atoms with Crippen molar-refractivity contribution < 1.29 is 14.8 Å². The lowest BCUT2D eigenvalue weighted by atomic mass is 9.75. The van der Waals surface area contributed by atoms with Crippen LogP contribution in [0.1, 0.15) is 52.6 Å². The maximum Gasteiger partial charge on any atom is 0.494 e. The van der Waals surface area contributed by atoms with E-state index in [2.05, 4.69) is 6.07 Å². The van der Waals surface area contributed by atoms with E-state index in [4.69, 9.17) is 14.8 Å². The van der Waals surface area contributed by atoms with Gasteiger partial charge in [-0.05, 0) is 52.6 Å². The van der Waals surface area contributed by atoms with Crippen molar-refractivity contribution in [3.05, 3.63) is 29.7 Å². The Hall–Kier alpha value is -1.31. The van der Waals surface area contributed by atoms with Crippen molar-refractivity contribution in [2.45, 2.75) is 58.2 Å². The highest BCUT2D eigenvalue weighted by molar-refractivity contribution is 6.62. The van der Waals surface area contributed by atoms with Crippen molar-refractivity contribution in [1.29, 1.82) is 5.26 Å². The molecule has 1 aliphatic heterocycles. The van der Waals surface area contributed by atoms with Gasteiger partial charge in [-0.15, -0.1) is 0 Å². The first kappa shape index (κ1) is 10.4. The molecule has 1 aliphatic rings. The summed E-state index contributed by atoms with van der Waals surface area (Å²) in [5.74, 6) is 0. The fourth-order valence-electron chi connectivity index (χ4n) is 1.81. The molecule has 106 valence electrons. The molecule has 0 aliphatic carbocycles. The molecule has 0 atom stereocenters. The van der Waals surface area contributed by atoms with Crippen LogP contribution in [0.2, 0.25) is 0 Å². The zero-order valence-corrected chi connectivity index (χ0v) is 12.8. The monoisotopic (exact) mass is 275 g/mol. The third-order valence-corrected chi connectivity index (χ3v) is 4.04. The summed E-state index contributed by atoms with van der Waals surface area (Å²) in [7, 11) is -0.979. The van der Waals surface area contributed by atoms with Crippen LogP contribution in [0.4, 0.5) is 0 Å². The number of hydrogen-bond acceptors (Lipinski definition) is 3. The molecule has 1 saturated heterocycles. The predicted octanol–water partition coefficient (Wildman–Crippen LogP) is 2.79. The van der Waals surface area contributed by atoms with Crippen molar-refractivity contribution in [2.24, 2.45) is 0 Å². The van der Waals surface area contributed by atoms with Gasteiger partial charge in [-0.2, -0.15) is 5.26 Å². The molecule has 20 heavy (non-hydrogen) atoms. The Morgan fingerprint density at radius 3 is 2.25 bits per heavy atom. The summed E-state index contributed by atoms with van der Waals surface area (Å²) >= 11 is 0. The summed E-state index contributed by atoms with van der Waals surface area (Å²) in [6, 6.07) is 1.08. The lowest BCUT2D eigenvalue weighted by Gasteiger charge is -2.32. The van der Waals surface area contributed by atoms with Crippen LogP contribution < -0.4 is 5.46 Å². The van der Waals surface area contributed by atoms with Gasteiger partial charge in [-0.3, -0.25) is 0 Å². The molecule has 3 nitrogen and oxygen atoms in total. The zero-order valence-electron chi connectivity index (χ0n) is 16.8. The Kier molecular flexibility index (Phi) is 2.41. The molecular formula is C16H22BNO2. The molecule has 0 saturated carbocycles. The standard InChI is InChI=1S/C16H22BNO2/c1-14(2,11-18)12-8-7-9-13(10-12)17-19-15(3,4)16(5,6)20-17/h7-10H,1-6H3/i7D,8D,9D,10D. The second-order valence-electron chi connectivity index (χ2n) is 6.61. The average Bonchev–Trinajstić information content (AvgIpc) is 2.64. The summed E-state index contributed by atoms with van der Waals surface area (Å²) in [6.45, 7) is 10.6. The molecule has 0 spiro atoms. The van der Waals surface area contributed by atoms with E-state index in [1.54, 1.807) is 13.8 Å². The van der Waals surface area contributed by atoms with Gasteiger partial charge in [0.15, 0.2) is 0 Å². The van der Waals surface area contributed by atoms with E-state index in [1.165, 1.54) is 0 Å². The first-order chi connectivity index (χ1) is 10.8. The number of nitriles is 1. The molecule has 2 rings (SSSR count). The Bertz CT molecular complexity index is 725. The lowest BCUT2D eigenvalue weighted by Crippen LogP contribution is -2.41. The van der Waals surface area contributed by atoms with E-state index in [0.717, 1.165) is 0 Å². The van der Waals surface area contributed by atoms with Crippen molar-refractivity contribution in [3.8, 4) is 6.07 Å². The number of nitrogens with zero attached hydrogens (tertiary/aromatic N) is 1. The van der Waals surface area contributed by atoms with Crippen LogP contribution in [0, 0.1) is 11.3 Å². The summed E-state index contributed by atoms with van der Waals surface area (Å²) in [6.07, 6.45) is 0. The summed E-state index contributed by atoms with van der Waals surface area (Å²) < 4.78 is 44.7. The summed E-state index contributed by atoms with van der Waals surface area (Å²) in [5, 5.41) is 9.39. The van der Waals surface area contributed by atoms with Crippen molar-refractivity contribution >= 4 is 12.6 Å². The zero-order chi connectivity index (χ0) is 18.7. The summed E-state index contributed by atoms with van der Waals surface area (Å²) in [4.78, 5) is 0. The van der Waals surface area contributed by atoms with Crippen LogP contribution in [-0.2, 0) is 14.7 Å². The van der Waals surface area contributed by atoms with Crippen LogP contribution in [0.15, 0.2) is 24.2 Å². The van der Waals surface area contributed by atoms with Gasteiger partial charge >= 0.3 is 7.12 Å². The number of rotatable bonds is 2. The molecule has 0 amide bonds. The topological polar surface area (TPSA) is 42.2 Å². The first-order valence-corrected chi connectivity index (χ1v) is 6.64. The van der Waals surface area contributed by atoms with Crippen LogP contribution >= 0.6 is 0 Å². The van der Waals surface area contributed by atoms with Gasteiger partial charge in [0, 0.05) is 0 Å². The quantitative estimate of drug-likeness (QED) is 0.779. The van der Waals surface area contributed by atoms with Crippen molar-refractivity contribution in [1.82, 2.24) is 0 Å². The van der Waals surface area contributed by atoms with Crippen LogP contribution in [0.5, 0.6) is 0 Å². The molecule has 4 heteroatoms. The number of hydrogen-bond donors (Lipinski definition) is 0. The van der Waals surface area contributed by atoms with Gasteiger partial charge in [-0.1, -0.05) is 24.2 Å². The minimum absolute atomic E-state index is 0.105. The maximum atomic E-state index is 9.39. The molecule has 1 aromatic rings. The largest absolute Gasteiger partial charge is 0.494 e. The Morgan fingerprint density at radius 2 is 1.75 bits per heavy atom. The van der Waals surface area contributed by atoms with E-state index in [1.807, 2.05) is 27.7 Å².